The molecule has 48 heavy (non-hydrogen) atoms. The van der Waals surface area contributed by atoms with Gasteiger partial charge in [-0.3, -0.25) is 4.79 Å². The van der Waals surface area contributed by atoms with Crippen LogP contribution in [-0.2, 0) is 15.7 Å². The standard InChI is InChI=1S/C33H34F4N6O5/c1-19(22-15-38-28(39-16-22)33(35,36)37)42-27-24-13-21(20-5-7-23(34)8-6-20)14-25(26(24)40-18-41-27)47-17-32(29(44)45)9-11-43(12-10-32)30(46)48-31(2,3)4/h5-8,13-16,18-19H,9-12,17H2,1-4H3,(H,44,45)(H,40,41,42)/t19-/m1/s1. The van der Waals surface area contributed by atoms with Crippen LogP contribution >= 0.6 is 0 Å². The summed E-state index contributed by atoms with van der Waals surface area (Å²) in [5.41, 5.74) is -0.104. The van der Waals surface area contributed by atoms with Gasteiger partial charge >= 0.3 is 18.2 Å². The van der Waals surface area contributed by atoms with Gasteiger partial charge in [0.05, 0.1) is 6.04 Å². The summed E-state index contributed by atoms with van der Waals surface area (Å²) in [7, 11) is 0. The lowest BCUT2D eigenvalue weighted by molar-refractivity contribution is -0.154. The molecule has 0 saturated carbocycles. The number of fused-ring (bicyclic) bond motifs is 1. The average molecular weight is 671 g/mol. The molecule has 1 amide bonds. The van der Waals surface area contributed by atoms with Crippen LogP contribution in [0.4, 0.5) is 28.2 Å². The van der Waals surface area contributed by atoms with E-state index in [1.165, 1.54) is 23.4 Å². The number of carboxylic acid groups (broad SMARTS) is 1. The van der Waals surface area contributed by atoms with Crippen molar-refractivity contribution in [3.63, 3.8) is 0 Å². The van der Waals surface area contributed by atoms with Gasteiger partial charge in [0, 0.05) is 36.4 Å². The first-order chi connectivity index (χ1) is 22.5. The second kappa shape index (κ2) is 13.2. The third-order valence-electron chi connectivity index (χ3n) is 7.99. The molecule has 2 aromatic heterocycles. The Morgan fingerprint density at radius 1 is 1.00 bits per heavy atom. The van der Waals surface area contributed by atoms with E-state index in [9.17, 15) is 32.3 Å². The minimum Gasteiger partial charge on any atom is -0.490 e. The van der Waals surface area contributed by atoms with Crippen molar-refractivity contribution >= 4 is 28.8 Å². The monoisotopic (exact) mass is 670 g/mol. The van der Waals surface area contributed by atoms with Crippen LogP contribution in [0.2, 0.25) is 0 Å². The van der Waals surface area contributed by atoms with Crippen molar-refractivity contribution in [2.45, 2.75) is 58.4 Å². The molecular formula is C33H34F4N6O5. The summed E-state index contributed by atoms with van der Waals surface area (Å²) in [5, 5.41) is 13.9. The molecule has 1 saturated heterocycles. The molecule has 0 radical (unpaired) electrons. The van der Waals surface area contributed by atoms with Crippen LogP contribution in [-0.4, -0.2) is 67.3 Å². The van der Waals surface area contributed by atoms with Crippen LogP contribution in [0, 0.1) is 11.2 Å². The molecule has 2 aromatic carbocycles. The highest BCUT2D eigenvalue weighted by Gasteiger charge is 2.44. The van der Waals surface area contributed by atoms with E-state index in [1.54, 1.807) is 52.0 Å². The quantitative estimate of drug-likeness (QED) is 0.190. The fraction of sp³-hybridized carbons (Fsp3) is 0.394. The Morgan fingerprint density at radius 2 is 1.65 bits per heavy atom. The Morgan fingerprint density at radius 3 is 2.23 bits per heavy atom. The van der Waals surface area contributed by atoms with Gasteiger partial charge in [0.1, 0.15) is 46.9 Å². The lowest BCUT2D eigenvalue weighted by Gasteiger charge is -2.38. The largest absolute Gasteiger partial charge is 0.490 e. The highest BCUT2D eigenvalue weighted by molar-refractivity contribution is 5.96. The Kier molecular flexibility index (Phi) is 9.42. The normalized spacial score (nSPS) is 15.5. The molecule has 0 bridgehead atoms. The molecule has 1 aliphatic heterocycles. The van der Waals surface area contributed by atoms with Crippen molar-refractivity contribution in [1.82, 2.24) is 24.8 Å². The second-order valence-corrected chi connectivity index (χ2v) is 12.6. The predicted octanol–water partition coefficient (Wildman–Crippen LogP) is 6.90. The van der Waals surface area contributed by atoms with Crippen LogP contribution < -0.4 is 10.1 Å². The Bertz CT molecular complexity index is 1790. The Hall–Kier alpha value is -5.08. The molecule has 5 rings (SSSR count). The number of aliphatic carboxylic acids is 1. The minimum absolute atomic E-state index is 0.117. The first-order valence-corrected chi connectivity index (χ1v) is 15.1. The van der Waals surface area contributed by atoms with Gasteiger partial charge in [0.2, 0.25) is 5.82 Å². The minimum atomic E-state index is -4.68. The summed E-state index contributed by atoms with van der Waals surface area (Å²) in [5.74, 6) is -2.23. The first-order valence-electron chi connectivity index (χ1n) is 15.1. The van der Waals surface area contributed by atoms with E-state index in [4.69, 9.17) is 9.47 Å². The Labute approximate surface area is 273 Å². The van der Waals surface area contributed by atoms with E-state index in [1.807, 2.05) is 0 Å². The van der Waals surface area contributed by atoms with Gasteiger partial charge in [-0.2, -0.15) is 13.2 Å². The summed E-state index contributed by atoms with van der Waals surface area (Å²) < 4.78 is 64.4. The molecular weight excluding hydrogens is 636 g/mol. The number of hydrogen-bond acceptors (Lipinski definition) is 9. The highest BCUT2D eigenvalue weighted by Crippen LogP contribution is 2.38. The van der Waals surface area contributed by atoms with Crippen LogP contribution in [0.25, 0.3) is 22.0 Å². The van der Waals surface area contributed by atoms with Crippen LogP contribution in [0.15, 0.2) is 55.1 Å². The van der Waals surface area contributed by atoms with Crippen molar-refractivity contribution in [1.29, 1.82) is 0 Å². The van der Waals surface area contributed by atoms with Gasteiger partial charge in [-0.05, 0) is 75.9 Å². The number of carbonyl (C=O) groups excluding carboxylic acids is 1. The molecule has 0 spiro atoms. The number of amides is 1. The maximum Gasteiger partial charge on any atom is 0.451 e. The van der Waals surface area contributed by atoms with Gasteiger partial charge < -0.3 is 24.8 Å². The molecule has 1 fully saturated rings. The van der Waals surface area contributed by atoms with Crippen molar-refractivity contribution in [2.75, 3.05) is 25.0 Å². The Balaban J connectivity index is 1.46. The van der Waals surface area contributed by atoms with Gasteiger partial charge in [-0.15, -0.1) is 0 Å². The molecule has 2 N–H and O–H groups in total. The van der Waals surface area contributed by atoms with Gasteiger partial charge in [-0.25, -0.2) is 29.1 Å². The number of carboxylic acids is 1. The van der Waals surface area contributed by atoms with E-state index < -0.39 is 46.9 Å². The van der Waals surface area contributed by atoms with Crippen LogP contribution in [0.3, 0.4) is 0 Å². The summed E-state index contributed by atoms with van der Waals surface area (Å²) in [6.07, 6.45) is -1.54. The topological polar surface area (TPSA) is 140 Å². The number of anilines is 1. The molecule has 0 aliphatic carbocycles. The summed E-state index contributed by atoms with van der Waals surface area (Å²) in [6, 6.07) is 8.57. The smallest absolute Gasteiger partial charge is 0.451 e. The second-order valence-electron chi connectivity index (χ2n) is 12.6. The number of halogens is 4. The first kappa shape index (κ1) is 34.3. The fourth-order valence-electron chi connectivity index (χ4n) is 5.25. The van der Waals surface area contributed by atoms with Gasteiger partial charge in [0.15, 0.2) is 0 Å². The number of nitrogens with one attached hydrogen (secondary N) is 1. The molecule has 15 heteroatoms. The van der Waals surface area contributed by atoms with Crippen molar-refractivity contribution in [3.8, 4) is 16.9 Å². The molecule has 0 unspecified atom stereocenters. The number of carbonyl (C=O) groups is 2. The number of alkyl halides is 3. The maximum atomic E-state index is 13.8. The van der Waals surface area contributed by atoms with Crippen molar-refractivity contribution < 1.29 is 41.7 Å². The molecule has 1 aliphatic rings. The number of rotatable bonds is 8. The zero-order chi connectivity index (χ0) is 34.9. The molecule has 1 atom stereocenters. The number of piperidine rings is 1. The van der Waals surface area contributed by atoms with E-state index in [0.717, 1.165) is 12.4 Å². The number of ether oxygens (including phenoxy) is 2. The number of benzene rings is 2. The lowest BCUT2D eigenvalue weighted by Crippen LogP contribution is -2.50. The third kappa shape index (κ3) is 7.72. The predicted molar refractivity (Wildman–Crippen MR) is 167 cm³/mol. The molecule has 4 aromatic rings. The number of nitrogens with zero attached hydrogens (tertiary/aromatic N) is 5. The van der Waals surface area contributed by atoms with E-state index in [-0.39, 0.29) is 38.3 Å². The van der Waals surface area contributed by atoms with Crippen LogP contribution in [0.1, 0.15) is 58.0 Å². The van der Waals surface area contributed by atoms with Crippen molar-refractivity contribution in [3.05, 3.63) is 72.3 Å². The van der Waals surface area contributed by atoms with Crippen LogP contribution in [0.5, 0.6) is 5.75 Å². The zero-order valence-electron chi connectivity index (χ0n) is 26.6. The summed E-state index contributed by atoms with van der Waals surface area (Å²) in [6.45, 7) is 7.03. The van der Waals surface area contributed by atoms with E-state index >= 15 is 0 Å². The maximum absolute atomic E-state index is 13.8. The van der Waals surface area contributed by atoms with E-state index in [2.05, 4.69) is 25.3 Å². The van der Waals surface area contributed by atoms with Crippen molar-refractivity contribution in [2.24, 2.45) is 5.41 Å². The fourth-order valence-corrected chi connectivity index (χ4v) is 5.25. The summed E-state index contributed by atoms with van der Waals surface area (Å²) >= 11 is 0. The molecule has 254 valence electrons. The number of aromatic nitrogens is 4. The zero-order valence-corrected chi connectivity index (χ0v) is 26.6. The third-order valence-corrected chi connectivity index (χ3v) is 7.99. The molecule has 11 nitrogen and oxygen atoms in total. The van der Waals surface area contributed by atoms with Gasteiger partial charge in [0.25, 0.3) is 0 Å². The van der Waals surface area contributed by atoms with Gasteiger partial charge in [-0.1, -0.05) is 12.1 Å². The SMILES string of the molecule is C[C@@H](Nc1ncnc2c(OCC3(C(=O)O)CCN(C(=O)OC(C)(C)C)CC3)cc(-c3ccc(F)cc3)cc12)c1cnc(C(F)(F)F)nc1. The number of likely N-dealkylation sites (tertiary alicyclic amines) is 1. The summed E-state index contributed by atoms with van der Waals surface area (Å²) in [4.78, 5) is 42.3. The molecule has 3 heterocycles. The highest BCUT2D eigenvalue weighted by atomic mass is 19.4. The lowest BCUT2D eigenvalue weighted by atomic mass is 9.79. The number of hydrogen-bond donors (Lipinski definition) is 2. The average Bonchev–Trinajstić information content (AvgIpc) is 3.03. The van der Waals surface area contributed by atoms with E-state index in [0.29, 0.717) is 33.4 Å².